The Balaban J connectivity index is 1.64. The molecular weight excluding hydrogens is 396 g/mol. The molecule has 2 heterocycles. The van der Waals surface area contributed by atoms with Crippen LogP contribution in [0.2, 0.25) is 0 Å². The highest BCUT2D eigenvalue weighted by Crippen LogP contribution is 2.39. The predicted molar refractivity (Wildman–Crippen MR) is 116 cm³/mol. The van der Waals surface area contributed by atoms with Crippen LogP contribution in [0, 0.1) is 5.92 Å². The lowest BCUT2D eigenvalue weighted by molar-refractivity contribution is -0.139. The van der Waals surface area contributed by atoms with Gasteiger partial charge in [-0.15, -0.1) is 0 Å². The number of para-hydroxylation sites is 1. The van der Waals surface area contributed by atoms with E-state index in [0.29, 0.717) is 50.7 Å². The van der Waals surface area contributed by atoms with Crippen LogP contribution < -0.4 is 9.47 Å². The number of carbonyl (C=O) groups is 2. The lowest BCUT2D eigenvalue weighted by Gasteiger charge is -2.31. The van der Waals surface area contributed by atoms with Gasteiger partial charge in [-0.3, -0.25) is 9.59 Å². The van der Waals surface area contributed by atoms with Crippen LogP contribution in [0.4, 0.5) is 0 Å². The summed E-state index contributed by atoms with van der Waals surface area (Å²) >= 11 is 0. The first-order valence-corrected chi connectivity index (χ1v) is 10.5. The molecule has 0 radical (unpaired) electrons. The molecule has 0 unspecified atom stereocenters. The third-order valence-electron chi connectivity index (χ3n) is 6.10. The van der Waals surface area contributed by atoms with Gasteiger partial charge in [-0.1, -0.05) is 24.3 Å². The van der Waals surface area contributed by atoms with Gasteiger partial charge in [-0.05, 0) is 29.8 Å². The average molecular weight is 424 g/mol. The highest BCUT2D eigenvalue weighted by molar-refractivity contribution is 5.95. The number of rotatable bonds is 5. The molecule has 2 aromatic carbocycles. The maximum Gasteiger partial charge on any atom is 0.254 e. The molecule has 164 valence electrons. The summed E-state index contributed by atoms with van der Waals surface area (Å²) in [5, 5.41) is 0. The van der Waals surface area contributed by atoms with E-state index in [2.05, 4.69) is 0 Å². The summed E-state index contributed by atoms with van der Waals surface area (Å²) in [6, 6.07) is 14.9. The van der Waals surface area contributed by atoms with Crippen LogP contribution in [0.25, 0.3) is 0 Å². The minimum atomic E-state index is -0.330. The maximum atomic E-state index is 13.5. The Bertz CT molecular complexity index is 941. The smallest absolute Gasteiger partial charge is 0.254 e. The Kier molecular flexibility index (Phi) is 6.42. The van der Waals surface area contributed by atoms with Crippen molar-refractivity contribution in [3.63, 3.8) is 0 Å². The second-order valence-corrected chi connectivity index (χ2v) is 7.83. The summed E-state index contributed by atoms with van der Waals surface area (Å²) in [5.74, 6) is 0.872. The molecule has 2 aliphatic heterocycles. The number of morpholine rings is 1. The molecule has 0 saturated carbocycles. The number of likely N-dealkylation sites (tertiary alicyclic amines) is 1. The molecule has 2 atom stereocenters. The predicted octanol–water partition coefficient (Wildman–Crippen LogP) is 2.42. The van der Waals surface area contributed by atoms with Crippen LogP contribution in [0.1, 0.15) is 21.8 Å². The minimum absolute atomic E-state index is 0.0696. The zero-order valence-corrected chi connectivity index (χ0v) is 18.0. The van der Waals surface area contributed by atoms with E-state index in [9.17, 15) is 9.59 Å². The number of hydrogen-bond acceptors (Lipinski definition) is 5. The average Bonchev–Trinajstić information content (AvgIpc) is 3.28. The SMILES string of the molecule is COc1cccc(C(=O)N2C[C@H](C(=O)N3CCOCC3)[C@@H](c3ccccc3OC)C2)c1. The van der Waals surface area contributed by atoms with Crippen molar-refractivity contribution in [1.82, 2.24) is 9.80 Å². The van der Waals surface area contributed by atoms with Gasteiger partial charge >= 0.3 is 0 Å². The van der Waals surface area contributed by atoms with Crippen LogP contribution in [-0.2, 0) is 9.53 Å². The van der Waals surface area contributed by atoms with Crippen molar-refractivity contribution in [1.29, 1.82) is 0 Å². The Labute approximate surface area is 182 Å². The van der Waals surface area contributed by atoms with Gasteiger partial charge < -0.3 is 24.0 Å². The molecule has 0 bridgehead atoms. The van der Waals surface area contributed by atoms with Gasteiger partial charge in [0.1, 0.15) is 11.5 Å². The van der Waals surface area contributed by atoms with Crippen molar-refractivity contribution in [2.45, 2.75) is 5.92 Å². The molecule has 0 aromatic heterocycles. The second kappa shape index (κ2) is 9.39. The first-order chi connectivity index (χ1) is 15.1. The fourth-order valence-electron chi connectivity index (χ4n) is 4.46. The monoisotopic (exact) mass is 424 g/mol. The Hall–Kier alpha value is -3.06. The molecule has 2 amide bonds. The van der Waals surface area contributed by atoms with Gasteiger partial charge in [0, 0.05) is 37.7 Å². The van der Waals surface area contributed by atoms with Gasteiger partial charge in [0.05, 0.1) is 33.4 Å². The topological polar surface area (TPSA) is 68.3 Å². The number of amides is 2. The second-order valence-electron chi connectivity index (χ2n) is 7.83. The first kappa shape index (κ1) is 21.2. The van der Waals surface area contributed by atoms with Crippen LogP contribution in [0.5, 0.6) is 11.5 Å². The van der Waals surface area contributed by atoms with Crippen LogP contribution >= 0.6 is 0 Å². The molecular formula is C24H28N2O5. The number of hydrogen-bond donors (Lipinski definition) is 0. The molecule has 7 nitrogen and oxygen atoms in total. The number of methoxy groups -OCH3 is 2. The number of carbonyl (C=O) groups excluding carboxylic acids is 2. The number of ether oxygens (including phenoxy) is 3. The molecule has 4 rings (SSSR count). The van der Waals surface area contributed by atoms with Crippen molar-refractivity contribution in [3.05, 3.63) is 59.7 Å². The van der Waals surface area contributed by atoms with Crippen molar-refractivity contribution in [2.75, 3.05) is 53.6 Å². The zero-order valence-electron chi connectivity index (χ0n) is 18.0. The molecule has 2 saturated heterocycles. The highest BCUT2D eigenvalue weighted by Gasteiger charge is 2.43. The normalized spacial score (nSPS) is 21.1. The molecule has 0 spiro atoms. The molecule has 2 fully saturated rings. The maximum absolute atomic E-state index is 13.5. The molecule has 0 aliphatic carbocycles. The van der Waals surface area contributed by atoms with E-state index in [1.54, 1.807) is 37.3 Å². The Morgan fingerprint density at radius 1 is 0.935 bits per heavy atom. The van der Waals surface area contributed by atoms with E-state index >= 15 is 0 Å². The van der Waals surface area contributed by atoms with E-state index in [0.717, 1.165) is 11.3 Å². The summed E-state index contributed by atoms with van der Waals surface area (Å²) in [7, 11) is 3.21. The van der Waals surface area contributed by atoms with Gasteiger partial charge in [0.15, 0.2) is 0 Å². The first-order valence-electron chi connectivity index (χ1n) is 10.5. The van der Waals surface area contributed by atoms with Gasteiger partial charge in [-0.25, -0.2) is 0 Å². The van der Waals surface area contributed by atoms with E-state index in [-0.39, 0.29) is 23.7 Å². The van der Waals surface area contributed by atoms with Gasteiger partial charge in [0.25, 0.3) is 5.91 Å². The van der Waals surface area contributed by atoms with Crippen molar-refractivity contribution in [2.24, 2.45) is 5.92 Å². The minimum Gasteiger partial charge on any atom is -0.497 e. The third-order valence-corrected chi connectivity index (χ3v) is 6.10. The Morgan fingerprint density at radius 3 is 2.45 bits per heavy atom. The highest BCUT2D eigenvalue weighted by atomic mass is 16.5. The van der Waals surface area contributed by atoms with Crippen molar-refractivity contribution >= 4 is 11.8 Å². The summed E-state index contributed by atoms with van der Waals surface area (Å²) in [5.41, 5.74) is 1.51. The molecule has 2 aliphatic rings. The summed E-state index contributed by atoms with van der Waals surface area (Å²) < 4.78 is 16.3. The lowest BCUT2D eigenvalue weighted by atomic mass is 9.87. The molecule has 31 heavy (non-hydrogen) atoms. The van der Waals surface area contributed by atoms with Crippen molar-refractivity contribution < 1.29 is 23.8 Å². The molecule has 0 N–H and O–H groups in total. The largest absolute Gasteiger partial charge is 0.497 e. The van der Waals surface area contributed by atoms with Gasteiger partial charge in [0.2, 0.25) is 5.91 Å². The van der Waals surface area contributed by atoms with E-state index in [4.69, 9.17) is 14.2 Å². The van der Waals surface area contributed by atoms with Crippen LogP contribution in [0.15, 0.2) is 48.5 Å². The van der Waals surface area contributed by atoms with E-state index < -0.39 is 0 Å². The van der Waals surface area contributed by atoms with Crippen molar-refractivity contribution in [3.8, 4) is 11.5 Å². The lowest BCUT2D eigenvalue weighted by Crippen LogP contribution is -2.45. The van der Waals surface area contributed by atoms with E-state index in [1.807, 2.05) is 35.2 Å². The fourth-order valence-corrected chi connectivity index (χ4v) is 4.46. The number of benzene rings is 2. The van der Waals surface area contributed by atoms with Crippen LogP contribution in [0.3, 0.4) is 0 Å². The summed E-state index contributed by atoms with van der Waals surface area (Å²) in [6.07, 6.45) is 0. The quantitative estimate of drug-likeness (QED) is 0.738. The van der Waals surface area contributed by atoms with E-state index in [1.165, 1.54) is 0 Å². The summed E-state index contributed by atoms with van der Waals surface area (Å²) in [6.45, 7) is 3.08. The Morgan fingerprint density at radius 2 is 1.71 bits per heavy atom. The van der Waals surface area contributed by atoms with Gasteiger partial charge in [-0.2, -0.15) is 0 Å². The zero-order chi connectivity index (χ0) is 21.8. The fraction of sp³-hybridized carbons (Fsp3) is 0.417. The standard InChI is InChI=1S/C24H28N2O5/c1-29-18-7-5-6-17(14-18)23(27)26-15-20(19-8-3-4-9-22(19)30-2)21(16-26)24(28)25-10-12-31-13-11-25/h3-9,14,20-21H,10-13,15-16H2,1-2H3/t20-,21+/m1/s1. The number of nitrogens with zero attached hydrogens (tertiary/aromatic N) is 2. The van der Waals surface area contributed by atoms with Crippen LogP contribution in [-0.4, -0.2) is 75.2 Å². The third kappa shape index (κ3) is 4.37. The summed E-state index contributed by atoms with van der Waals surface area (Å²) in [4.78, 5) is 30.4. The molecule has 2 aromatic rings. The molecule has 7 heteroatoms.